The van der Waals surface area contributed by atoms with Gasteiger partial charge in [0.15, 0.2) is 0 Å². The summed E-state index contributed by atoms with van der Waals surface area (Å²) in [6.07, 6.45) is 0. The van der Waals surface area contributed by atoms with Crippen molar-refractivity contribution in [3.8, 4) is 5.75 Å². The molecule has 0 unspecified atom stereocenters. The molecule has 17 heavy (non-hydrogen) atoms. The number of nitrogens with one attached hydrogen (secondary N) is 1. The van der Waals surface area contributed by atoms with Crippen molar-refractivity contribution in [3.05, 3.63) is 29.5 Å². The zero-order valence-corrected chi connectivity index (χ0v) is 8.97. The SMILES string of the molecule is Cc1ccc(O)c(NC(=O)c2nonc2N)c1. The summed E-state index contributed by atoms with van der Waals surface area (Å²) in [5.41, 5.74) is 6.42. The summed E-state index contributed by atoms with van der Waals surface area (Å²) < 4.78 is 4.31. The van der Waals surface area contributed by atoms with Crippen molar-refractivity contribution in [1.29, 1.82) is 0 Å². The lowest BCUT2D eigenvalue weighted by molar-refractivity contribution is 0.101. The van der Waals surface area contributed by atoms with Crippen LogP contribution in [0.3, 0.4) is 0 Å². The fourth-order valence-electron chi connectivity index (χ4n) is 1.28. The second-order valence-electron chi connectivity index (χ2n) is 3.47. The van der Waals surface area contributed by atoms with Crippen molar-refractivity contribution in [2.45, 2.75) is 6.92 Å². The van der Waals surface area contributed by atoms with Gasteiger partial charge in [0.25, 0.3) is 5.91 Å². The van der Waals surface area contributed by atoms with Gasteiger partial charge in [0, 0.05) is 0 Å². The average Bonchev–Trinajstić information content (AvgIpc) is 2.70. The van der Waals surface area contributed by atoms with Crippen molar-refractivity contribution >= 4 is 17.4 Å². The first-order valence-corrected chi connectivity index (χ1v) is 4.77. The van der Waals surface area contributed by atoms with E-state index in [1.807, 2.05) is 6.92 Å². The van der Waals surface area contributed by atoms with Crippen LogP contribution >= 0.6 is 0 Å². The van der Waals surface area contributed by atoms with Crippen molar-refractivity contribution in [3.63, 3.8) is 0 Å². The van der Waals surface area contributed by atoms with Crippen LogP contribution in [-0.2, 0) is 0 Å². The Morgan fingerprint density at radius 3 is 2.88 bits per heavy atom. The molecule has 0 aliphatic carbocycles. The Morgan fingerprint density at radius 1 is 1.47 bits per heavy atom. The van der Waals surface area contributed by atoms with Crippen LogP contribution in [0, 0.1) is 6.92 Å². The molecule has 0 radical (unpaired) electrons. The van der Waals surface area contributed by atoms with Gasteiger partial charge in [-0.1, -0.05) is 6.07 Å². The molecule has 0 spiro atoms. The molecule has 1 aromatic heterocycles. The van der Waals surface area contributed by atoms with Gasteiger partial charge in [0.2, 0.25) is 11.5 Å². The van der Waals surface area contributed by atoms with Crippen molar-refractivity contribution in [2.75, 3.05) is 11.1 Å². The number of nitrogen functional groups attached to an aromatic ring is 1. The maximum Gasteiger partial charge on any atom is 0.281 e. The van der Waals surface area contributed by atoms with Gasteiger partial charge in [-0.25, -0.2) is 4.63 Å². The van der Waals surface area contributed by atoms with E-state index in [0.717, 1.165) is 5.56 Å². The molecular formula is C10H10N4O3. The van der Waals surface area contributed by atoms with Crippen molar-refractivity contribution in [2.24, 2.45) is 0 Å². The van der Waals surface area contributed by atoms with Gasteiger partial charge in [0.1, 0.15) is 5.75 Å². The number of aromatic nitrogens is 2. The summed E-state index contributed by atoms with van der Waals surface area (Å²) in [6, 6.07) is 4.82. The topological polar surface area (TPSA) is 114 Å². The molecule has 0 saturated carbocycles. The number of phenolic OH excluding ortho intramolecular Hbond substituents is 1. The number of anilines is 2. The smallest absolute Gasteiger partial charge is 0.281 e. The van der Waals surface area contributed by atoms with E-state index in [1.54, 1.807) is 12.1 Å². The summed E-state index contributed by atoms with van der Waals surface area (Å²) in [4.78, 5) is 11.7. The van der Waals surface area contributed by atoms with Crippen LogP contribution in [0.2, 0.25) is 0 Å². The van der Waals surface area contributed by atoms with Crippen LogP contribution in [-0.4, -0.2) is 21.3 Å². The number of rotatable bonds is 2. The molecule has 0 aliphatic rings. The van der Waals surface area contributed by atoms with Crippen LogP contribution in [0.15, 0.2) is 22.8 Å². The molecule has 1 amide bonds. The maximum atomic E-state index is 11.7. The fourth-order valence-corrected chi connectivity index (χ4v) is 1.28. The number of aryl methyl sites for hydroxylation is 1. The summed E-state index contributed by atoms with van der Waals surface area (Å²) in [7, 11) is 0. The third-order valence-corrected chi connectivity index (χ3v) is 2.13. The van der Waals surface area contributed by atoms with E-state index < -0.39 is 5.91 Å². The molecule has 2 rings (SSSR count). The molecule has 4 N–H and O–H groups in total. The molecule has 0 bridgehead atoms. The summed E-state index contributed by atoms with van der Waals surface area (Å²) in [6.45, 7) is 1.83. The highest BCUT2D eigenvalue weighted by molar-refractivity contribution is 6.06. The lowest BCUT2D eigenvalue weighted by Crippen LogP contribution is -2.14. The van der Waals surface area contributed by atoms with Gasteiger partial charge < -0.3 is 16.2 Å². The standard InChI is InChI=1S/C10H10N4O3/c1-5-2-3-7(15)6(4-5)12-10(16)8-9(11)14-17-13-8/h2-4,15H,1H3,(H2,11,14)(H,12,16). The highest BCUT2D eigenvalue weighted by Crippen LogP contribution is 2.24. The van der Waals surface area contributed by atoms with Crippen LogP contribution in [0.5, 0.6) is 5.75 Å². The molecule has 7 nitrogen and oxygen atoms in total. The maximum absolute atomic E-state index is 11.7. The molecule has 88 valence electrons. The molecule has 0 aliphatic heterocycles. The Morgan fingerprint density at radius 2 is 2.24 bits per heavy atom. The van der Waals surface area contributed by atoms with E-state index in [9.17, 15) is 9.90 Å². The second kappa shape index (κ2) is 4.12. The zero-order valence-electron chi connectivity index (χ0n) is 8.97. The van der Waals surface area contributed by atoms with E-state index in [0.29, 0.717) is 0 Å². The van der Waals surface area contributed by atoms with E-state index in [-0.39, 0.29) is 22.9 Å². The monoisotopic (exact) mass is 234 g/mol. The third-order valence-electron chi connectivity index (χ3n) is 2.13. The summed E-state index contributed by atoms with van der Waals surface area (Å²) in [5.74, 6) is -0.738. The van der Waals surface area contributed by atoms with Gasteiger partial charge in [-0.15, -0.1) is 0 Å². The van der Waals surface area contributed by atoms with E-state index in [4.69, 9.17) is 5.73 Å². The van der Waals surface area contributed by atoms with Gasteiger partial charge in [-0.3, -0.25) is 4.79 Å². The summed E-state index contributed by atoms with van der Waals surface area (Å²) >= 11 is 0. The third kappa shape index (κ3) is 2.17. The van der Waals surface area contributed by atoms with Crippen LogP contribution in [0.25, 0.3) is 0 Å². The zero-order chi connectivity index (χ0) is 12.4. The molecule has 1 aromatic carbocycles. The van der Waals surface area contributed by atoms with Crippen LogP contribution in [0.1, 0.15) is 16.1 Å². The minimum Gasteiger partial charge on any atom is -0.506 e. The molecular weight excluding hydrogens is 224 g/mol. The largest absolute Gasteiger partial charge is 0.506 e. The number of hydrogen-bond donors (Lipinski definition) is 3. The first-order chi connectivity index (χ1) is 8.08. The number of carbonyl (C=O) groups excluding carboxylic acids is 1. The number of nitrogens with zero attached hydrogens (tertiary/aromatic N) is 2. The number of aromatic hydroxyl groups is 1. The van der Waals surface area contributed by atoms with Gasteiger partial charge in [-0.2, -0.15) is 0 Å². The number of hydrogen-bond acceptors (Lipinski definition) is 6. The van der Waals surface area contributed by atoms with Crippen molar-refractivity contribution in [1.82, 2.24) is 10.3 Å². The van der Waals surface area contributed by atoms with E-state index in [2.05, 4.69) is 20.3 Å². The van der Waals surface area contributed by atoms with Gasteiger partial charge in [-0.05, 0) is 34.9 Å². The molecule has 0 atom stereocenters. The van der Waals surface area contributed by atoms with Crippen LogP contribution < -0.4 is 11.1 Å². The quantitative estimate of drug-likeness (QED) is 0.665. The normalized spacial score (nSPS) is 10.2. The first-order valence-electron chi connectivity index (χ1n) is 4.77. The van der Waals surface area contributed by atoms with Crippen molar-refractivity contribution < 1.29 is 14.5 Å². The Hall–Kier alpha value is -2.57. The van der Waals surface area contributed by atoms with Crippen LogP contribution in [0.4, 0.5) is 11.5 Å². The lowest BCUT2D eigenvalue weighted by atomic mass is 10.2. The minimum atomic E-state index is -0.593. The Kier molecular flexibility index (Phi) is 2.65. The molecule has 7 heteroatoms. The Bertz CT molecular complexity index is 564. The highest BCUT2D eigenvalue weighted by Gasteiger charge is 2.17. The highest BCUT2D eigenvalue weighted by atomic mass is 16.6. The predicted molar refractivity (Wildman–Crippen MR) is 59.5 cm³/mol. The molecule has 2 aromatic rings. The molecule has 0 fully saturated rings. The average molecular weight is 234 g/mol. The number of benzene rings is 1. The summed E-state index contributed by atoms with van der Waals surface area (Å²) in [5, 5.41) is 18.7. The van der Waals surface area contributed by atoms with E-state index in [1.165, 1.54) is 6.07 Å². The van der Waals surface area contributed by atoms with Gasteiger partial charge >= 0.3 is 0 Å². The number of carbonyl (C=O) groups is 1. The predicted octanol–water partition coefficient (Wildman–Crippen LogP) is 0.918. The van der Waals surface area contributed by atoms with E-state index >= 15 is 0 Å². The Balaban J connectivity index is 2.24. The first kappa shape index (κ1) is 10.9. The molecule has 1 heterocycles. The Labute approximate surface area is 96.2 Å². The fraction of sp³-hybridized carbons (Fsp3) is 0.100. The lowest BCUT2D eigenvalue weighted by Gasteiger charge is -2.06. The number of nitrogens with two attached hydrogens (primary N) is 1. The number of phenols is 1. The molecule has 0 saturated heterocycles. The second-order valence-corrected chi connectivity index (χ2v) is 3.47. The number of amides is 1. The minimum absolute atomic E-state index is 0.0426. The van der Waals surface area contributed by atoms with Gasteiger partial charge in [0.05, 0.1) is 5.69 Å².